The van der Waals surface area contributed by atoms with Gasteiger partial charge in [0.1, 0.15) is 5.60 Å². The van der Waals surface area contributed by atoms with Crippen LogP contribution in [-0.4, -0.2) is 53.0 Å². The summed E-state index contributed by atoms with van der Waals surface area (Å²) in [6.45, 7) is 5.02. The average Bonchev–Trinajstić information content (AvgIpc) is 2.34. The second-order valence-corrected chi connectivity index (χ2v) is 3.79. The van der Waals surface area contributed by atoms with Crippen molar-refractivity contribution < 1.29 is 29.6 Å². The molecule has 2 unspecified atom stereocenters. The van der Waals surface area contributed by atoms with E-state index in [4.69, 9.17) is 14.6 Å². The van der Waals surface area contributed by atoms with Gasteiger partial charge in [-0.1, -0.05) is 13.5 Å². The zero-order valence-electron chi connectivity index (χ0n) is 10.1. The first-order chi connectivity index (χ1) is 7.95. The van der Waals surface area contributed by atoms with E-state index in [2.05, 4.69) is 6.58 Å². The largest absolute Gasteiger partial charge is 0.433 e. The highest BCUT2D eigenvalue weighted by Crippen LogP contribution is 2.23. The molecule has 0 amide bonds. The topological polar surface area (TPSA) is 96.2 Å². The van der Waals surface area contributed by atoms with Crippen molar-refractivity contribution in [2.45, 2.75) is 25.7 Å². The third kappa shape index (κ3) is 4.43. The van der Waals surface area contributed by atoms with Crippen molar-refractivity contribution in [1.29, 1.82) is 0 Å². The number of hydrogen-bond donors (Lipinski definition) is 3. The van der Waals surface area contributed by atoms with Crippen LogP contribution in [0.4, 0.5) is 0 Å². The quantitative estimate of drug-likeness (QED) is 0.302. The van der Waals surface area contributed by atoms with Crippen LogP contribution in [0.25, 0.3) is 0 Å². The highest BCUT2D eigenvalue weighted by atomic mass is 16.7. The lowest BCUT2D eigenvalue weighted by Crippen LogP contribution is -2.50. The van der Waals surface area contributed by atoms with Gasteiger partial charge in [-0.05, 0) is 6.92 Å². The summed E-state index contributed by atoms with van der Waals surface area (Å²) in [6.07, 6.45) is 0.0170. The van der Waals surface area contributed by atoms with Gasteiger partial charge >= 0.3 is 5.97 Å². The number of aliphatic hydroxyl groups is 3. The zero-order valence-corrected chi connectivity index (χ0v) is 10.1. The number of hydrogen-bond acceptors (Lipinski definition) is 6. The van der Waals surface area contributed by atoms with Crippen LogP contribution in [0.15, 0.2) is 12.7 Å². The number of aliphatic hydroxyl groups excluding tert-OH is 3. The van der Waals surface area contributed by atoms with Gasteiger partial charge in [-0.3, -0.25) is 0 Å². The molecule has 0 bridgehead atoms. The number of ether oxygens (including phenoxy) is 2. The second-order valence-electron chi connectivity index (χ2n) is 3.79. The first-order valence-electron chi connectivity index (χ1n) is 5.29. The fraction of sp³-hybridized carbons (Fsp3) is 0.727. The highest BCUT2D eigenvalue weighted by molar-refractivity contribution is 5.81. The molecule has 0 fully saturated rings. The van der Waals surface area contributed by atoms with Crippen LogP contribution in [0, 0.1) is 5.92 Å². The minimum Gasteiger partial charge on any atom is -0.433 e. The summed E-state index contributed by atoms with van der Waals surface area (Å²) in [5, 5.41) is 27.6. The third-order valence-electron chi connectivity index (χ3n) is 2.56. The molecule has 0 spiro atoms. The van der Waals surface area contributed by atoms with Gasteiger partial charge in [0.25, 0.3) is 0 Å². The lowest BCUT2D eigenvalue weighted by atomic mass is 9.90. The Hall–Kier alpha value is -0.950. The molecule has 0 aliphatic rings. The molecule has 2 atom stereocenters. The van der Waals surface area contributed by atoms with E-state index in [0.29, 0.717) is 0 Å². The van der Waals surface area contributed by atoms with E-state index in [1.165, 1.54) is 6.92 Å². The number of carbonyl (C=O) groups is 1. The van der Waals surface area contributed by atoms with Crippen LogP contribution in [0.2, 0.25) is 0 Å². The molecule has 0 saturated heterocycles. The van der Waals surface area contributed by atoms with Gasteiger partial charge < -0.3 is 24.8 Å². The maximum atomic E-state index is 10.9. The monoisotopic (exact) mass is 248 g/mol. The van der Waals surface area contributed by atoms with E-state index in [1.54, 1.807) is 6.92 Å². The Morgan fingerprint density at radius 3 is 2.24 bits per heavy atom. The van der Waals surface area contributed by atoms with E-state index < -0.39 is 37.0 Å². The fourth-order valence-electron chi connectivity index (χ4n) is 1.28. The first-order valence-corrected chi connectivity index (χ1v) is 5.29. The van der Waals surface area contributed by atoms with Crippen molar-refractivity contribution in [3.05, 3.63) is 12.7 Å². The number of carbonyl (C=O) groups excluding carboxylic acids is 1. The van der Waals surface area contributed by atoms with Crippen LogP contribution in [0.5, 0.6) is 0 Å². The van der Waals surface area contributed by atoms with E-state index in [1.807, 2.05) is 0 Å². The molecule has 100 valence electrons. The summed E-state index contributed by atoms with van der Waals surface area (Å²) >= 11 is 0. The Kier molecular flexibility index (Phi) is 6.98. The molecule has 0 saturated carbocycles. The first kappa shape index (κ1) is 16.1. The van der Waals surface area contributed by atoms with Gasteiger partial charge in [0, 0.05) is 18.6 Å². The predicted octanol–water partition coefficient (Wildman–Crippen LogP) is -0.570. The van der Waals surface area contributed by atoms with Gasteiger partial charge in [-0.25, -0.2) is 4.79 Å². The molecule has 0 aromatic rings. The van der Waals surface area contributed by atoms with Crippen LogP contribution < -0.4 is 0 Å². The summed E-state index contributed by atoms with van der Waals surface area (Å²) in [6, 6.07) is 0. The van der Waals surface area contributed by atoms with Gasteiger partial charge in [0.15, 0.2) is 0 Å². The van der Waals surface area contributed by atoms with Crippen LogP contribution >= 0.6 is 0 Å². The van der Waals surface area contributed by atoms with Crippen LogP contribution in [0.1, 0.15) is 13.8 Å². The van der Waals surface area contributed by atoms with Crippen LogP contribution in [-0.2, 0) is 14.3 Å². The van der Waals surface area contributed by atoms with E-state index >= 15 is 0 Å². The molecule has 0 radical (unpaired) electrons. The van der Waals surface area contributed by atoms with Crippen molar-refractivity contribution >= 4 is 5.97 Å². The summed E-state index contributed by atoms with van der Waals surface area (Å²) < 4.78 is 10.1. The molecule has 0 rings (SSSR count). The van der Waals surface area contributed by atoms with Crippen molar-refractivity contribution in [2.75, 3.05) is 19.8 Å². The summed E-state index contributed by atoms with van der Waals surface area (Å²) in [5.41, 5.74) is -1.35. The van der Waals surface area contributed by atoms with Crippen LogP contribution in [0.3, 0.4) is 0 Å². The Balaban J connectivity index is 4.63. The van der Waals surface area contributed by atoms with Gasteiger partial charge in [-0.2, -0.15) is 0 Å². The van der Waals surface area contributed by atoms with Crippen molar-refractivity contribution in [3.63, 3.8) is 0 Å². The van der Waals surface area contributed by atoms with E-state index in [0.717, 1.165) is 6.08 Å². The fourth-order valence-corrected chi connectivity index (χ4v) is 1.28. The van der Waals surface area contributed by atoms with E-state index in [-0.39, 0.29) is 6.61 Å². The van der Waals surface area contributed by atoms with Crippen molar-refractivity contribution in [2.24, 2.45) is 5.92 Å². The second kappa shape index (κ2) is 7.39. The lowest BCUT2D eigenvalue weighted by Gasteiger charge is -2.36. The Bertz CT molecular complexity index is 248. The Labute approximate surface area is 100 Å². The average molecular weight is 248 g/mol. The molecule has 17 heavy (non-hydrogen) atoms. The molecule has 0 aliphatic carbocycles. The van der Waals surface area contributed by atoms with Crippen molar-refractivity contribution in [1.82, 2.24) is 0 Å². The molecular weight excluding hydrogens is 228 g/mol. The molecule has 3 N–H and O–H groups in total. The smallest absolute Gasteiger partial charge is 0.332 e. The van der Waals surface area contributed by atoms with E-state index in [9.17, 15) is 15.0 Å². The maximum absolute atomic E-state index is 10.9. The maximum Gasteiger partial charge on any atom is 0.332 e. The standard InChI is InChI=1S/C11H20O6/c1-4-10(15)16-9(3)17-11(6-13,7-14)8(2)5-12/h4,8-9,12-14H,1,5-7H2,2-3H3. The minimum absolute atomic E-state index is 0.275. The molecular formula is C11H20O6. The zero-order chi connectivity index (χ0) is 13.5. The molecule has 0 aromatic heterocycles. The Morgan fingerprint density at radius 1 is 1.35 bits per heavy atom. The number of rotatable bonds is 8. The molecule has 6 heteroatoms. The van der Waals surface area contributed by atoms with Gasteiger partial charge in [-0.15, -0.1) is 0 Å². The summed E-state index contributed by atoms with van der Waals surface area (Å²) in [4.78, 5) is 10.9. The van der Waals surface area contributed by atoms with Crippen molar-refractivity contribution in [3.8, 4) is 0 Å². The normalized spacial score (nSPS) is 15.1. The summed E-state index contributed by atoms with van der Waals surface area (Å²) in [7, 11) is 0. The SMILES string of the molecule is C=CC(=O)OC(C)OC(CO)(CO)C(C)CO. The third-order valence-corrected chi connectivity index (χ3v) is 2.56. The molecule has 6 nitrogen and oxygen atoms in total. The minimum atomic E-state index is -1.35. The van der Waals surface area contributed by atoms with Gasteiger partial charge in [0.2, 0.25) is 6.29 Å². The summed E-state index contributed by atoms with van der Waals surface area (Å²) in [5.74, 6) is -1.18. The Morgan fingerprint density at radius 2 is 1.88 bits per heavy atom. The number of esters is 1. The molecule has 0 aromatic carbocycles. The molecule has 0 aliphatic heterocycles. The van der Waals surface area contributed by atoms with Gasteiger partial charge in [0.05, 0.1) is 13.2 Å². The predicted molar refractivity (Wildman–Crippen MR) is 60.0 cm³/mol. The highest BCUT2D eigenvalue weighted by Gasteiger charge is 2.38. The molecule has 0 heterocycles. The lowest BCUT2D eigenvalue weighted by molar-refractivity contribution is -0.238.